The minimum Gasteiger partial charge on any atom is -0.460 e. The fourth-order valence-corrected chi connectivity index (χ4v) is 4.36. The highest BCUT2D eigenvalue weighted by atomic mass is 32.2. The Bertz CT molecular complexity index is 1030. The molecule has 0 bridgehead atoms. The summed E-state index contributed by atoms with van der Waals surface area (Å²) in [5.74, 6) is -0.316. The van der Waals surface area contributed by atoms with Crippen molar-refractivity contribution >= 4 is 27.5 Å². The van der Waals surface area contributed by atoms with Crippen LogP contribution in [0.3, 0.4) is 0 Å². The number of nitro groups is 1. The highest BCUT2D eigenvalue weighted by Crippen LogP contribution is 2.25. The number of esters is 1. The Morgan fingerprint density at radius 1 is 1.31 bits per heavy atom. The summed E-state index contributed by atoms with van der Waals surface area (Å²) in [5.41, 5.74) is 0.545. The summed E-state index contributed by atoms with van der Waals surface area (Å²) in [6.45, 7) is 4.58. The monoisotopic (exact) mass is 424 g/mol. The van der Waals surface area contributed by atoms with Crippen molar-refractivity contribution in [2.45, 2.75) is 18.9 Å². The fraction of sp³-hybridized carbons (Fsp3) is 0.412. The van der Waals surface area contributed by atoms with E-state index >= 15 is 0 Å². The second-order valence-corrected chi connectivity index (χ2v) is 8.19. The van der Waals surface area contributed by atoms with Gasteiger partial charge in [0.2, 0.25) is 10.9 Å². The van der Waals surface area contributed by atoms with Crippen LogP contribution in [0.4, 0.5) is 11.5 Å². The number of carbonyl (C=O) groups excluding carboxylic acids is 1. The zero-order chi connectivity index (χ0) is 21.2. The first-order chi connectivity index (χ1) is 13.7. The first kappa shape index (κ1) is 20.7. The van der Waals surface area contributed by atoms with Crippen molar-refractivity contribution in [2.75, 3.05) is 37.7 Å². The van der Waals surface area contributed by atoms with Crippen molar-refractivity contribution in [3.8, 4) is 0 Å². The average Bonchev–Trinajstić information content (AvgIpc) is 3.19. The van der Waals surface area contributed by atoms with E-state index in [-0.39, 0.29) is 36.2 Å². The molecule has 11 nitrogen and oxygen atoms in total. The third-order valence-corrected chi connectivity index (χ3v) is 6.21. The van der Waals surface area contributed by atoms with Crippen molar-refractivity contribution in [3.63, 3.8) is 0 Å². The summed E-state index contributed by atoms with van der Waals surface area (Å²) in [6, 6.07) is 3.94. The zero-order valence-corrected chi connectivity index (χ0v) is 16.7. The molecule has 1 aliphatic heterocycles. The van der Waals surface area contributed by atoms with Crippen molar-refractivity contribution in [2.24, 2.45) is 0 Å². The molecule has 0 saturated carbocycles. The van der Waals surface area contributed by atoms with E-state index in [2.05, 4.69) is 4.98 Å². The van der Waals surface area contributed by atoms with Gasteiger partial charge in [-0.2, -0.15) is 4.31 Å². The maximum atomic E-state index is 12.8. The lowest BCUT2D eigenvalue weighted by molar-refractivity contribution is -0.385. The van der Waals surface area contributed by atoms with Crippen LogP contribution in [0.1, 0.15) is 23.0 Å². The lowest BCUT2D eigenvalue weighted by atomic mass is 10.2. The van der Waals surface area contributed by atoms with Gasteiger partial charge in [-0.15, -0.1) is 0 Å². The molecule has 29 heavy (non-hydrogen) atoms. The first-order valence-corrected chi connectivity index (χ1v) is 10.3. The molecular formula is C17H20N4O7S. The lowest BCUT2D eigenvalue weighted by Crippen LogP contribution is -2.49. The van der Waals surface area contributed by atoms with Gasteiger partial charge in [-0.25, -0.2) is 18.2 Å². The number of hydrogen-bond acceptors (Lipinski definition) is 9. The minimum atomic E-state index is -3.90. The number of carbonyl (C=O) groups is 1. The molecule has 3 rings (SSSR count). The molecule has 0 aromatic carbocycles. The Balaban J connectivity index is 1.70. The van der Waals surface area contributed by atoms with Crippen molar-refractivity contribution < 1.29 is 27.3 Å². The highest BCUT2D eigenvalue weighted by Gasteiger charge is 2.32. The number of furan rings is 1. The van der Waals surface area contributed by atoms with Crippen LogP contribution in [-0.2, 0) is 14.8 Å². The molecule has 3 heterocycles. The summed E-state index contributed by atoms with van der Waals surface area (Å²) < 4.78 is 36.8. The fourth-order valence-electron chi connectivity index (χ4n) is 3.02. The molecular weight excluding hydrogens is 404 g/mol. The van der Waals surface area contributed by atoms with Crippen LogP contribution in [0.2, 0.25) is 0 Å². The molecule has 2 aromatic rings. The van der Waals surface area contributed by atoms with Gasteiger partial charge >= 0.3 is 5.97 Å². The number of hydrogen-bond donors (Lipinski definition) is 0. The number of nitrogens with zero attached hydrogens (tertiary/aromatic N) is 4. The van der Waals surface area contributed by atoms with Gasteiger partial charge in [0.05, 0.1) is 11.5 Å². The number of sulfonamides is 1. The van der Waals surface area contributed by atoms with Gasteiger partial charge in [0, 0.05) is 32.2 Å². The molecule has 0 radical (unpaired) electrons. The van der Waals surface area contributed by atoms with E-state index in [1.54, 1.807) is 13.8 Å². The summed E-state index contributed by atoms with van der Waals surface area (Å²) in [6.07, 6.45) is 1.19. The Labute approximate surface area is 167 Å². The molecule has 1 fully saturated rings. The van der Waals surface area contributed by atoms with E-state index in [1.165, 1.54) is 28.7 Å². The molecule has 0 aliphatic carbocycles. The Morgan fingerprint density at radius 2 is 2.00 bits per heavy atom. The largest absolute Gasteiger partial charge is 0.460 e. The number of aromatic nitrogens is 1. The number of rotatable bonds is 6. The summed E-state index contributed by atoms with van der Waals surface area (Å²) in [4.78, 5) is 28.0. The molecule has 0 atom stereocenters. The van der Waals surface area contributed by atoms with E-state index in [0.717, 1.165) is 0 Å². The predicted molar refractivity (Wildman–Crippen MR) is 101 cm³/mol. The third kappa shape index (κ3) is 4.22. The number of ether oxygens (including phenoxy) is 1. The van der Waals surface area contributed by atoms with E-state index in [1.807, 2.05) is 4.90 Å². The van der Waals surface area contributed by atoms with Crippen molar-refractivity contribution in [1.82, 2.24) is 9.29 Å². The summed E-state index contributed by atoms with van der Waals surface area (Å²) >= 11 is 0. The van der Waals surface area contributed by atoms with Gasteiger partial charge in [-0.1, -0.05) is 0 Å². The van der Waals surface area contributed by atoms with Gasteiger partial charge in [-0.3, -0.25) is 10.1 Å². The predicted octanol–water partition coefficient (Wildman–Crippen LogP) is 1.58. The topological polar surface area (TPSA) is 136 Å². The number of piperazine rings is 1. The van der Waals surface area contributed by atoms with Crippen LogP contribution in [0.15, 0.2) is 33.9 Å². The lowest BCUT2D eigenvalue weighted by Gasteiger charge is -2.34. The van der Waals surface area contributed by atoms with Crippen LogP contribution in [0.25, 0.3) is 0 Å². The van der Waals surface area contributed by atoms with Gasteiger partial charge in [-0.05, 0) is 31.5 Å². The SMILES string of the molecule is CCOC(=O)c1ccc(S(=O)(=O)N2CCN(c3ncc([N+](=O)[O-])cc3C)CC2)o1. The van der Waals surface area contributed by atoms with Crippen LogP contribution in [-0.4, -0.2) is 61.4 Å². The molecule has 1 saturated heterocycles. The Morgan fingerprint density at radius 3 is 2.59 bits per heavy atom. The Hall–Kier alpha value is -2.99. The molecule has 0 amide bonds. The van der Waals surface area contributed by atoms with Crippen LogP contribution < -0.4 is 4.90 Å². The van der Waals surface area contributed by atoms with Gasteiger partial charge in [0.25, 0.3) is 15.7 Å². The third-order valence-electron chi connectivity index (χ3n) is 4.44. The Kier molecular flexibility index (Phi) is 5.84. The average molecular weight is 424 g/mol. The standard InChI is InChI=1S/C17H20N4O7S/c1-3-27-17(22)14-4-5-15(28-14)29(25,26)20-8-6-19(7-9-20)16-12(2)10-13(11-18-16)21(23)24/h4-5,10-11H,3,6-9H2,1-2H3. The molecule has 0 spiro atoms. The number of aryl methyl sites for hydroxylation is 1. The smallest absolute Gasteiger partial charge is 0.374 e. The maximum absolute atomic E-state index is 12.8. The van der Waals surface area contributed by atoms with E-state index in [0.29, 0.717) is 24.5 Å². The number of anilines is 1. The normalized spacial score (nSPS) is 15.3. The van der Waals surface area contributed by atoms with E-state index in [9.17, 15) is 23.3 Å². The number of pyridine rings is 1. The van der Waals surface area contributed by atoms with Crippen molar-refractivity contribution in [1.29, 1.82) is 0 Å². The van der Waals surface area contributed by atoms with Gasteiger partial charge in [0.1, 0.15) is 12.0 Å². The molecule has 0 unspecified atom stereocenters. The second kappa shape index (κ2) is 8.17. The van der Waals surface area contributed by atoms with E-state index in [4.69, 9.17) is 9.15 Å². The maximum Gasteiger partial charge on any atom is 0.374 e. The van der Waals surface area contributed by atoms with E-state index < -0.39 is 20.9 Å². The summed E-state index contributed by atoms with van der Waals surface area (Å²) in [5, 5.41) is 10.5. The first-order valence-electron chi connectivity index (χ1n) is 8.87. The zero-order valence-electron chi connectivity index (χ0n) is 15.9. The molecule has 156 valence electrons. The van der Waals surface area contributed by atoms with Crippen LogP contribution >= 0.6 is 0 Å². The molecule has 12 heteroatoms. The van der Waals surface area contributed by atoms with Crippen molar-refractivity contribution in [3.05, 3.63) is 45.8 Å². The molecule has 0 N–H and O–H groups in total. The summed E-state index contributed by atoms with van der Waals surface area (Å²) in [7, 11) is -3.90. The highest BCUT2D eigenvalue weighted by molar-refractivity contribution is 7.89. The minimum absolute atomic E-state index is 0.0947. The van der Waals surface area contributed by atoms with Crippen LogP contribution in [0.5, 0.6) is 0 Å². The second-order valence-electron chi connectivity index (χ2n) is 6.32. The van der Waals surface area contributed by atoms with Crippen LogP contribution in [0, 0.1) is 17.0 Å². The quantitative estimate of drug-likeness (QED) is 0.384. The van der Waals surface area contributed by atoms with Gasteiger partial charge < -0.3 is 14.1 Å². The molecule has 2 aromatic heterocycles. The molecule has 1 aliphatic rings. The van der Waals surface area contributed by atoms with Gasteiger partial charge in [0.15, 0.2) is 0 Å².